The molecule has 5 rings (SSSR count). The second-order valence-electron chi connectivity index (χ2n) is 14.5. The van der Waals surface area contributed by atoms with Crippen LogP contribution in [-0.2, 0) is 4.79 Å². The molecule has 5 aliphatic carbocycles. The van der Waals surface area contributed by atoms with Crippen molar-refractivity contribution < 1.29 is 15.0 Å². The lowest BCUT2D eigenvalue weighted by Crippen LogP contribution is -2.67. The zero-order valence-corrected chi connectivity index (χ0v) is 22.0. The molecule has 0 aliphatic heterocycles. The topological polar surface area (TPSA) is 57.5 Å². The van der Waals surface area contributed by atoms with Gasteiger partial charge in [-0.25, -0.2) is 0 Å². The van der Waals surface area contributed by atoms with Crippen molar-refractivity contribution in [3.63, 3.8) is 0 Å². The molecule has 0 aromatic rings. The van der Waals surface area contributed by atoms with Gasteiger partial charge in [-0.1, -0.05) is 46.8 Å². The summed E-state index contributed by atoms with van der Waals surface area (Å²) < 4.78 is 0. The van der Waals surface area contributed by atoms with Crippen LogP contribution in [0.15, 0.2) is 12.2 Å². The maximum Gasteiger partial charge on any atom is 0.309 e. The van der Waals surface area contributed by atoms with E-state index in [9.17, 15) is 15.0 Å². The predicted octanol–water partition coefficient (Wildman–Crippen LogP) is 7.09. The first-order chi connectivity index (χ1) is 15.3. The lowest BCUT2D eigenvalue weighted by molar-refractivity contribution is -0.248. The third kappa shape index (κ3) is 2.75. The Bertz CT molecular complexity index is 861. The van der Waals surface area contributed by atoms with Gasteiger partial charge in [-0.15, -0.1) is 0 Å². The molecule has 2 N–H and O–H groups in total. The predicted molar refractivity (Wildman–Crippen MR) is 133 cm³/mol. The number of hydrogen-bond acceptors (Lipinski definition) is 2. The summed E-state index contributed by atoms with van der Waals surface area (Å²) in [7, 11) is 0. The normalized spacial score (nSPS) is 55.0. The molecule has 10 atom stereocenters. The molecule has 0 heterocycles. The number of allylic oxidation sites excluding steroid dienone is 1. The van der Waals surface area contributed by atoms with E-state index in [1.165, 1.54) is 31.3 Å². The van der Waals surface area contributed by atoms with Crippen LogP contribution in [-0.4, -0.2) is 22.3 Å². The molecule has 5 saturated carbocycles. The van der Waals surface area contributed by atoms with Crippen LogP contribution >= 0.6 is 0 Å². The highest BCUT2D eigenvalue weighted by atomic mass is 16.4. The summed E-state index contributed by atoms with van der Waals surface area (Å²) in [6.07, 6.45) is 10.5. The zero-order valence-electron chi connectivity index (χ0n) is 22.0. The van der Waals surface area contributed by atoms with Crippen molar-refractivity contribution in [2.45, 2.75) is 112 Å². The molecule has 186 valence electrons. The number of aliphatic carboxylic acids is 1. The van der Waals surface area contributed by atoms with Crippen LogP contribution < -0.4 is 0 Å². The average molecular weight is 457 g/mol. The van der Waals surface area contributed by atoms with Gasteiger partial charge in [0.05, 0.1) is 11.5 Å². The number of aliphatic hydroxyl groups is 1. The number of carbonyl (C=O) groups is 1. The van der Waals surface area contributed by atoms with Gasteiger partial charge < -0.3 is 10.2 Å². The van der Waals surface area contributed by atoms with Crippen molar-refractivity contribution in [2.75, 3.05) is 0 Å². The van der Waals surface area contributed by atoms with Crippen LogP contribution in [0.5, 0.6) is 0 Å². The van der Waals surface area contributed by atoms with Gasteiger partial charge >= 0.3 is 5.97 Å². The number of aliphatic hydroxyl groups excluding tert-OH is 1. The fourth-order valence-corrected chi connectivity index (χ4v) is 11.5. The molecule has 0 bridgehead atoms. The minimum absolute atomic E-state index is 0.0202. The number of rotatable bonds is 2. The Kier molecular flexibility index (Phi) is 5.15. The highest BCUT2D eigenvalue weighted by Crippen LogP contribution is 2.77. The minimum Gasteiger partial charge on any atom is -0.481 e. The lowest BCUT2D eigenvalue weighted by Gasteiger charge is -2.72. The minimum atomic E-state index is -0.538. The number of fused-ring (bicyclic) bond motifs is 7. The van der Waals surface area contributed by atoms with Gasteiger partial charge in [-0.3, -0.25) is 4.79 Å². The molecule has 0 amide bonds. The molecular formula is C30H48O3. The van der Waals surface area contributed by atoms with Crippen LogP contribution in [0.4, 0.5) is 0 Å². The van der Waals surface area contributed by atoms with E-state index in [4.69, 9.17) is 0 Å². The van der Waals surface area contributed by atoms with E-state index in [-0.39, 0.29) is 33.7 Å². The Morgan fingerprint density at radius 2 is 1.52 bits per heavy atom. The van der Waals surface area contributed by atoms with E-state index >= 15 is 0 Å². The zero-order chi connectivity index (χ0) is 24.2. The van der Waals surface area contributed by atoms with Crippen molar-refractivity contribution in [2.24, 2.45) is 56.7 Å². The van der Waals surface area contributed by atoms with Crippen molar-refractivity contribution in [1.82, 2.24) is 0 Å². The second kappa shape index (κ2) is 7.11. The third-order valence-corrected chi connectivity index (χ3v) is 13.5. The Labute approximate surface area is 201 Å². The molecule has 0 radical (unpaired) electrons. The fraction of sp³-hybridized carbons (Fsp3) is 0.900. The molecule has 0 aromatic carbocycles. The molecule has 3 heteroatoms. The van der Waals surface area contributed by atoms with E-state index in [2.05, 4.69) is 48.1 Å². The molecule has 5 aliphatic rings. The summed E-state index contributed by atoms with van der Waals surface area (Å²) >= 11 is 0. The Morgan fingerprint density at radius 3 is 2.15 bits per heavy atom. The molecule has 0 aromatic heterocycles. The molecule has 0 saturated heterocycles. The largest absolute Gasteiger partial charge is 0.481 e. The van der Waals surface area contributed by atoms with Crippen LogP contribution in [0, 0.1) is 56.7 Å². The molecule has 3 nitrogen and oxygen atoms in total. The van der Waals surface area contributed by atoms with E-state index in [0.29, 0.717) is 23.7 Å². The first-order valence-corrected chi connectivity index (χ1v) is 13.8. The summed E-state index contributed by atoms with van der Waals surface area (Å²) in [6.45, 7) is 18.8. The summed E-state index contributed by atoms with van der Waals surface area (Å²) in [4.78, 5) is 12.8. The van der Waals surface area contributed by atoms with E-state index < -0.39 is 11.4 Å². The van der Waals surface area contributed by atoms with Gasteiger partial charge in [-0.2, -0.15) is 0 Å². The van der Waals surface area contributed by atoms with Gasteiger partial charge in [0.1, 0.15) is 0 Å². The van der Waals surface area contributed by atoms with Crippen LogP contribution in [0.25, 0.3) is 0 Å². The monoisotopic (exact) mass is 456 g/mol. The lowest BCUT2D eigenvalue weighted by atomic mass is 9.32. The second-order valence-corrected chi connectivity index (χ2v) is 14.5. The fourth-order valence-electron chi connectivity index (χ4n) is 11.5. The maximum atomic E-state index is 12.8. The number of carboxylic acids is 1. The number of carboxylic acid groups (broad SMARTS) is 1. The smallest absolute Gasteiger partial charge is 0.309 e. The highest BCUT2D eigenvalue weighted by molar-refractivity contribution is 5.76. The van der Waals surface area contributed by atoms with E-state index in [0.717, 1.165) is 38.5 Å². The first-order valence-electron chi connectivity index (χ1n) is 13.8. The molecule has 33 heavy (non-hydrogen) atoms. The average Bonchev–Trinajstić information content (AvgIpc) is 3.13. The van der Waals surface area contributed by atoms with Gasteiger partial charge in [0.15, 0.2) is 0 Å². The standard InChI is InChI=1S/C30H48O3/c1-18(2)19-10-15-30(25(32)33)17-16-28(6)20(24(19)30)8-9-22-27(5)13-12-23(31)26(3,4)21(27)11-14-29(22,28)7/h19-24,31H,1,8-17H2,2-7H3,(H,32,33)/t19-,20-,21-,22+,23+,24+,27+,28+,29-,30+/m1/s1. The van der Waals surface area contributed by atoms with Crippen LogP contribution in [0.3, 0.4) is 0 Å². The molecule has 0 unspecified atom stereocenters. The van der Waals surface area contributed by atoms with E-state index in [1.54, 1.807) is 0 Å². The van der Waals surface area contributed by atoms with Gasteiger partial charge in [0, 0.05) is 0 Å². The Morgan fingerprint density at radius 1 is 0.818 bits per heavy atom. The van der Waals surface area contributed by atoms with Gasteiger partial charge in [0.2, 0.25) is 0 Å². The molecular weight excluding hydrogens is 408 g/mol. The SMILES string of the molecule is C=C(C)[C@H]1CC[C@]2(C(=O)O)CC[C@@]3(C)[C@H](CC[C@H]4[C@@]5(C)CC[C@H](O)C(C)(C)[C@H]5CC[C@]43C)[C@H]12. The van der Waals surface area contributed by atoms with Gasteiger partial charge in [-0.05, 0) is 122 Å². The molecule has 0 spiro atoms. The van der Waals surface area contributed by atoms with Crippen molar-refractivity contribution in [1.29, 1.82) is 0 Å². The highest BCUT2D eigenvalue weighted by Gasteiger charge is 2.71. The van der Waals surface area contributed by atoms with Gasteiger partial charge in [0.25, 0.3) is 0 Å². The Balaban J connectivity index is 1.57. The van der Waals surface area contributed by atoms with Crippen LogP contribution in [0.1, 0.15) is 106 Å². The first kappa shape index (κ1) is 23.9. The third-order valence-electron chi connectivity index (χ3n) is 13.5. The summed E-state index contributed by atoms with van der Waals surface area (Å²) in [6, 6.07) is 0. The summed E-state index contributed by atoms with van der Waals surface area (Å²) in [5, 5.41) is 21.4. The van der Waals surface area contributed by atoms with Crippen molar-refractivity contribution in [3.8, 4) is 0 Å². The summed E-state index contributed by atoms with van der Waals surface area (Å²) in [5.41, 5.74) is 1.35. The van der Waals surface area contributed by atoms with E-state index in [1.807, 2.05) is 0 Å². The number of hydrogen-bond donors (Lipinski definition) is 2. The maximum absolute atomic E-state index is 12.8. The van der Waals surface area contributed by atoms with Crippen molar-refractivity contribution >= 4 is 5.97 Å². The molecule has 5 fully saturated rings. The van der Waals surface area contributed by atoms with Crippen LogP contribution in [0.2, 0.25) is 0 Å². The van der Waals surface area contributed by atoms with Crippen molar-refractivity contribution in [3.05, 3.63) is 12.2 Å². The quantitative estimate of drug-likeness (QED) is 0.436. The Hall–Kier alpha value is -0.830. The summed E-state index contributed by atoms with van der Waals surface area (Å²) in [5.74, 6) is 1.79.